The number of nitrogens with zero attached hydrogens (tertiary/aromatic N) is 1. The van der Waals surface area contributed by atoms with E-state index >= 15 is 4.39 Å². The van der Waals surface area contributed by atoms with Gasteiger partial charge in [0.05, 0.1) is 0 Å². The summed E-state index contributed by atoms with van der Waals surface area (Å²) in [5.41, 5.74) is 0.978. The fraction of sp³-hybridized carbons (Fsp3) is 0.0909. The van der Waals surface area contributed by atoms with Crippen molar-refractivity contribution in [2.24, 2.45) is 0 Å². The summed E-state index contributed by atoms with van der Waals surface area (Å²) in [4.78, 5) is 22.6. The third-order valence-corrected chi connectivity index (χ3v) is 6.22. The number of halogens is 1. The maximum absolute atomic E-state index is 15.7. The van der Waals surface area contributed by atoms with Crippen molar-refractivity contribution in [3.05, 3.63) is 77.6 Å². The average molecular weight is 458 g/mol. The van der Waals surface area contributed by atoms with Crippen LogP contribution in [0.15, 0.2) is 60.7 Å². The number of fused-ring (bicyclic) bond motifs is 1. The van der Waals surface area contributed by atoms with Gasteiger partial charge in [0.25, 0.3) is 5.91 Å². The highest BCUT2D eigenvalue weighted by molar-refractivity contribution is 8.24. The highest BCUT2D eigenvalue weighted by Gasteiger charge is 2.38. The summed E-state index contributed by atoms with van der Waals surface area (Å²) in [7, 11) is -3.80. The summed E-state index contributed by atoms with van der Waals surface area (Å²) < 4.78 is 45.1. The van der Waals surface area contributed by atoms with E-state index < -0.39 is 35.2 Å². The molecule has 1 aliphatic heterocycles. The number of benzene rings is 3. The molecule has 1 aliphatic rings. The van der Waals surface area contributed by atoms with Crippen LogP contribution in [0.25, 0.3) is 16.8 Å². The number of carbonyl (C=O) groups is 2. The first kappa shape index (κ1) is 21.6. The SMILES string of the molecule is O=C(O)/C=C/c1ccc2cc(OCc3ccccc3)c(N3CC(=O)NS3(O)O)c(F)c2c1. The molecule has 1 fully saturated rings. The van der Waals surface area contributed by atoms with Gasteiger partial charge in [-0.05, 0) is 45.7 Å². The Morgan fingerprint density at radius 2 is 1.94 bits per heavy atom. The fourth-order valence-electron chi connectivity index (χ4n) is 3.35. The molecule has 0 aromatic heterocycles. The van der Waals surface area contributed by atoms with Crippen molar-refractivity contribution < 1.29 is 32.9 Å². The smallest absolute Gasteiger partial charge is 0.328 e. The second-order valence-corrected chi connectivity index (χ2v) is 8.73. The molecule has 0 radical (unpaired) electrons. The van der Waals surface area contributed by atoms with Gasteiger partial charge < -0.3 is 9.84 Å². The first-order valence-corrected chi connectivity index (χ1v) is 11.0. The molecule has 10 heteroatoms. The minimum atomic E-state index is -3.80. The van der Waals surface area contributed by atoms with Gasteiger partial charge in [0.1, 0.15) is 24.6 Å². The van der Waals surface area contributed by atoms with Crippen molar-refractivity contribution in [2.45, 2.75) is 6.61 Å². The fourth-order valence-corrected chi connectivity index (χ4v) is 4.55. The molecule has 4 N–H and O–H groups in total. The van der Waals surface area contributed by atoms with Crippen molar-refractivity contribution in [1.82, 2.24) is 4.72 Å². The molecule has 4 rings (SSSR count). The maximum atomic E-state index is 15.7. The second kappa shape index (κ2) is 8.50. The Kier molecular flexibility index (Phi) is 5.74. The number of carboxylic acid groups (broad SMARTS) is 1. The van der Waals surface area contributed by atoms with Gasteiger partial charge in [0, 0.05) is 11.5 Å². The first-order chi connectivity index (χ1) is 15.2. The molecule has 3 aromatic carbocycles. The van der Waals surface area contributed by atoms with Crippen molar-refractivity contribution in [1.29, 1.82) is 0 Å². The van der Waals surface area contributed by atoms with Gasteiger partial charge in [0.15, 0.2) is 5.82 Å². The van der Waals surface area contributed by atoms with Crippen LogP contribution in [-0.4, -0.2) is 32.6 Å². The van der Waals surface area contributed by atoms with Gasteiger partial charge in [-0.2, -0.15) is 0 Å². The molecule has 0 spiro atoms. The molecular formula is C22H19FN2O6S. The van der Waals surface area contributed by atoms with E-state index in [4.69, 9.17) is 9.84 Å². The predicted octanol–water partition coefficient (Wildman–Crippen LogP) is 4.17. The number of amides is 1. The Balaban J connectivity index is 1.83. The van der Waals surface area contributed by atoms with Crippen LogP contribution in [0.5, 0.6) is 5.75 Å². The molecule has 1 saturated heterocycles. The number of anilines is 1. The third-order valence-electron chi connectivity index (χ3n) is 4.79. The molecule has 1 heterocycles. The highest BCUT2D eigenvalue weighted by atomic mass is 32.3. The number of carbonyl (C=O) groups excluding carboxylic acids is 1. The molecule has 3 aromatic rings. The van der Waals surface area contributed by atoms with Crippen molar-refractivity contribution in [3.8, 4) is 5.75 Å². The second-order valence-electron chi connectivity index (χ2n) is 7.04. The van der Waals surface area contributed by atoms with Gasteiger partial charge in [-0.1, -0.05) is 42.5 Å². The van der Waals surface area contributed by atoms with E-state index in [0.717, 1.165) is 15.9 Å². The van der Waals surface area contributed by atoms with Gasteiger partial charge in [-0.25, -0.2) is 18.2 Å². The van der Waals surface area contributed by atoms with Crippen molar-refractivity contribution in [2.75, 3.05) is 10.8 Å². The summed E-state index contributed by atoms with van der Waals surface area (Å²) in [6.45, 7) is -0.377. The molecule has 0 aliphatic carbocycles. The number of hydrogen-bond acceptors (Lipinski definition) is 6. The monoisotopic (exact) mass is 458 g/mol. The van der Waals surface area contributed by atoms with E-state index in [0.29, 0.717) is 10.9 Å². The number of rotatable bonds is 6. The van der Waals surface area contributed by atoms with E-state index in [1.165, 1.54) is 12.1 Å². The van der Waals surface area contributed by atoms with Crippen molar-refractivity contribution in [3.63, 3.8) is 0 Å². The maximum Gasteiger partial charge on any atom is 0.328 e. The lowest BCUT2D eigenvalue weighted by molar-refractivity contribution is -0.131. The number of aliphatic carboxylic acids is 1. The first-order valence-electron chi connectivity index (χ1n) is 9.45. The average Bonchev–Trinajstić information content (AvgIpc) is 3.03. The number of nitrogens with one attached hydrogen (secondary N) is 1. The molecule has 166 valence electrons. The zero-order valence-electron chi connectivity index (χ0n) is 16.6. The van der Waals surface area contributed by atoms with E-state index in [1.54, 1.807) is 18.2 Å². The Morgan fingerprint density at radius 1 is 1.19 bits per heavy atom. The number of hydrogen-bond donors (Lipinski definition) is 4. The zero-order valence-corrected chi connectivity index (χ0v) is 17.4. The lowest BCUT2D eigenvalue weighted by atomic mass is 10.0. The Labute approximate surface area is 184 Å². The summed E-state index contributed by atoms with van der Waals surface area (Å²) in [5, 5.41) is 9.39. The van der Waals surface area contributed by atoms with Crippen LogP contribution in [0.3, 0.4) is 0 Å². The highest BCUT2D eigenvalue weighted by Crippen LogP contribution is 2.51. The van der Waals surface area contributed by atoms with Gasteiger partial charge in [0.2, 0.25) is 0 Å². The van der Waals surface area contributed by atoms with Crippen molar-refractivity contribution >= 4 is 45.4 Å². The Morgan fingerprint density at radius 3 is 2.59 bits per heavy atom. The van der Waals surface area contributed by atoms with E-state index in [9.17, 15) is 18.7 Å². The largest absolute Gasteiger partial charge is 0.487 e. The molecular weight excluding hydrogens is 439 g/mol. The van der Waals surface area contributed by atoms with Crippen LogP contribution in [0.1, 0.15) is 11.1 Å². The third kappa shape index (κ3) is 4.37. The standard InChI is InChI=1S/C22H19FN2O6S/c23-21-17-10-14(7-9-20(27)28)6-8-16(17)11-18(31-13-15-4-2-1-3-5-15)22(21)25-12-19(26)24-32(25,29)30/h1-11,29-30H,12-13H2,(H,24,26)(H,27,28)/b9-7+. The van der Waals surface area contributed by atoms with Gasteiger partial charge >= 0.3 is 5.97 Å². The lowest BCUT2D eigenvalue weighted by Gasteiger charge is -2.37. The van der Waals surface area contributed by atoms with Gasteiger partial charge in [-0.3, -0.25) is 13.9 Å². The van der Waals surface area contributed by atoms with E-state index in [2.05, 4.69) is 0 Å². The quantitative estimate of drug-likeness (QED) is 0.409. The molecule has 0 unspecified atom stereocenters. The number of ether oxygens (including phenoxy) is 1. The molecule has 1 amide bonds. The summed E-state index contributed by atoms with van der Waals surface area (Å²) in [6.07, 6.45) is 2.24. The van der Waals surface area contributed by atoms with E-state index in [1.807, 2.05) is 35.1 Å². The lowest BCUT2D eigenvalue weighted by Crippen LogP contribution is -2.26. The summed E-state index contributed by atoms with van der Waals surface area (Å²) >= 11 is 0. The topological polar surface area (TPSA) is 119 Å². The zero-order chi connectivity index (χ0) is 22.9. The molecule has 8 nitrogen and oxygen atoms in total. The molecule has 0 atom stereocenters. The van der Waals surface area contributed by atoms with E-state index in [-0.39, 0.29) is 23.4 Å². The van der Waals surface area contributed by atoms with Crippen LogP contribution in [0, 0.1) is 5.82 Å². The number of carboxylic acids is 1. The van der Waals surface area contributed by atoms with Crippen LogP contribution >= 0.6 is 11.0 Å². The molecule has 0 bridgehead atoms. The van der Waals surface area contributed by atoms with Crippen LogP contribution in [-0.2, 0) is 16.2 Å². The molecule has 0 saturated carbocycles. The van der Waals surface area contributed by atoms with Crippen LogP contribution in [0.2, 0.25) is 0 Å². The predicted molar refractivity (Wildman–Crippen MR) is 120 cm³/mol. The minimum Gasteiger partial charge on any atom is -0.487 e. The van der Waals surface area contributed by atoms with Crippen LogP contribution < -0.4 is 13.8 Å². The minimum absolute atomic E-state index is 0.0316. The van der Waals surface area contributed by atoms with Gasteiger partial charge in [-0.15, -0.1) is 0 Å². The Hall–Kier alpha value is -3.60. The summed E-state index contributed by atoms with van der Waals surface area (Å²) in [5.74, 6) is -2.61. The normalized spacial score (nSPS) is 16.3. The Bertz CT molecular complexity index is 1230. The van der Waals surface area contributed by atoms with Crippen LogP contribution in [0.4, 0.5) is 10.1 Å². The molecule has 32 heavy (non-hydrogen) atoms. The summed E-state index contributed by atoms with van der Waals surface area (Å²) in [6, 6.07) is 15.3.